The van der Waals surface area contributed by atoms with Gasteiger partial charge in [-0.2, -0.15) is 0 Å². The van der Waals surface area contributed by atoms with E-state index in [9.17, 15) is 4.79 Å². The minimum Gasteiger partial charge on any atom is -0.348 e. The van der Waals surface area contributed by atoms with E-state index in [0.717, 1.165) is 37.8 Å². The van der Waals surface area contributed by atoms with E-state index in [1.54, 1.807) is 5.57 Å². The van der Waals surface area contributed by atoms with Crippen LogP contribution in [0.4, 0.5) is 0 Å². The van der Waals surface area contributed by atoms with Crippen molar-refractivity contribution in [1.82, 2.24) is 4.57 Å². The second-order valence-corrected chi connectivity index (χ2v) is 5.93. The Balaban J connectivity index is 1.77. The number of allylic oxidation sites excluding steroid dienone is 2. The third-order valence-electron chi connectivity index (χ3n) is 4.58. The maximum Gasteiger partial charge on any atom is 0.164 e. The molecule has 1 aromatic rings. The van der Waals surface area contributed by atoms with E-state index in [-0.39, 0.29) is 0 Å². The minimum atomic E-state index is 0.347. The third-order valence-corrected chi connectivity index (χ3v) is 4.58. The first-order valence-electron chi connectivity index (χ1n) is 7.66. The van der Waals surface area contributed by atoms with Gasteiger partial charge in [-0.15, -0.1) is 0 Å². The van der Waals surface area contributed by atoms with Gasteiger partial charge in [-0.05, 0) is 57.9 Å². The van der Waals surface area contributed by atoms with Gasteiger partial charge >= 0.3 is 0 Å². The normalized spacial score (nSPS) is 19.2. The van der Waals surface area contributed by atoms with Crippen molar-refractivity contribution < 1.29 is 4.79 Å². The van der Waals surface area contributed by atoms with Crippen LogP contribution >= 0.6 is 0 Å². The van der Waals surface area contributed by atoms with Crippen LogP contribution in [0.25, 0.3) is 0 Å². The molecule has 0 aromatic carbocycles. The summed E-state index contributed by atoms with van der Waals surface area (Å²) in [6.45, 7) is 3.20. The molecule has 1 heterocycles. The van der Waals surface area contributed by atoms with Crippen molar-refractivity contribution in [2.45, 2.75) is 64.8 Å². The number of rotatable bonds is 3. The van der Waals surface area contributed by atoms with Crippen LogP contribution in [0.15, 0.2) is 17.7 Å². The number of fused-ring (bicyclic) bond motifs is 1. The maximum atomic E-state index is 11.9. The molecule has 3 rings (SSSR count). The van der Waals surface area contributed by atoms with Gasteiger partial charge in [0.1, 0.15) is 0 Å². The number of Topliss-reactive ketones (excluding diaryl/α,β-unsaturated/α-hetero) is 1. The van der Waals surface area contributed by atoms with Crippen LogP contribution in [0, 0.1) is 6.92 Å². The van der Waals surface area contributed by atoms with Crippen LogP contribution in [-0.4, -0.2) is 10.4 Å². The molecule has 19 heavy (non-hydrogen) atoms. The first-order valence-corrected chi connectivity index (χ1v) is 7.66. The smallest absolute Gasteiger partial charge is 0.164 e. The lowest BCUT2D eigenvalue weighted by molar-refractivity contribution is 0.0972. The predicted molar refractivity (Wildman–Crippen MR) is 77.6 cm³/mol. The Hall–Kier alpha value is -1.31. The maximum absolute atomic E-state index is 11.9. The summed E-state index contributed by atoms with van der Waals surface area (Å²) in [5, 5.41) is 0. The van der Waals surface area contributed by atoms with Crippen LogP contribution in [0.5, 0.6) is 0 Å². The second kappa shape index (κ2) is 5.36. The average molecular weight is 257 g/mol. The standard InChI is InChI=1S/C17H23NO/c1-13-12-15-16(8-5-9-17(15)19)18(13)11-10-14-6-3-2-4-7-14/h6,12H,2-5,7-11H2,1H3. The molecule has 0 saturated heterocycles. The molecule has 0 spiro atoms. The summed E-state index contributed by atoms with van der Waals surface area (Å²) in [4.78, 5) is 11.9. The third kappa shape index (κ3) is 2.54. The summed E-state index contributed by atoms with van der Waals surface area (Å²) in [6, 6.07) is 2.10. The van der Waals surface area contributed by atoms with E-state index in [0.29, 0.717) is 5.78 Å². The van der Waals surface area contributed by atoms with Crippen molar-refractivity contribution >= 4 is 5.78 Å². The summed E-state index contributed by atoms with van der Waals surface area (Å²) in [5.74, 6) is 0.347. The molecule has 0 fully saturated rings. The molecule has 2 heteroatoms. The minimum absolute atomic E-state index is 0.347. The first kappa shape index (κ1) is 12.7. The lowest BCUT2D eigenvalue weighted by atomic mass is 9.96. The number of aromatic nitrogens is 1. The number of carbonyl (C=O) groups excluding carboxylic acids is 1. The molecule has 2 nitrogen and oxygen atoms in total. The molecular weight excluding hydrogens is 234 g/mol. The number of carbonyl (C=O) groups is 1. The van der Waals surface area contributed by atoms with Crippen LogP contribution in [-0.2, 0) is 13.0 Å². The Labute approximate surface area is 115 Å². The molecule has 102 valence electrons. The Morgan fingerprint density at radius 3 is 2.84 bits per heavy atom. The average Bonchev–Trinajstić information content (AvgIpc) is 2.75. The second-order valence-electron chi connectivity index (χ2n) is 5.93. The number of ketones is 1. The Morgan fingerprint density at radius 1 is 1.16 bits per heavy atom. The fourth-order valence-corrected chi connectivity index (χ4v) is 3.49. The van der Waals surface area contributed by atoms with Crippen molar-refractivity contribution in [2.75, 3.05) is 0 Å². The Morgan fingerprint density at radius 2 is 2.05 bits per heavy atom. The van der Waals surface area contributed by atoms with Gasteiger partial charge in [-0.3, -0.25) is 4.79 Å². The van der Waals surface area contributed by atoms with Crippen molar-refractivity contribution in [3.05, 3.63) is 34.7 Å². The van der Waals surface area contributed by atoms with Crippen molar-refractivity contribution in [3.8, 4) is 0 Å². The zero-order chi connectivity index (χ0) is 13.2. The highest BCUT2D eigenvalue weighted by Crippen LogP contribution is 2.27. The summed E-state index contributed by atoms with van der Waals surface area (Å²) in [6.07, 6.45) is 11.7. The summed E-state index contributed by atoms with van der Waals surface area (Å²) in [7, 11) is 0. The van der Waals surface area contributed by atoms with Crippen LogP contribution in [0.3, 0.4) is 0 Å². The van der Waals surface area contributed by atoms with E-state index < -0.39 is 0 Å². The Bertz CT molecular complexity index is 522. The van der Waals surface area contributed by atoms with E-state index in [2.05, 4.69) is 23.6 Å². The van der Waals surface area contributed by atoms with Gasteiger partial charge < -0.3 is 4.57 Å². The van der Waals surface area contributed by atoms with Gasteiger partial charge in [-0.1, -0.05) is 11.6 Å². The molecule has 2 aliphatic rings. The van der Waals surface area contributed by atoms with Crippen LogP contribution in [0.2, 0.25) is 0 Å². The van der Waals surface area contributed by atoms with Gasteiger partial charge in [0.2, 0.25) is 0 Å². The Kier molecular flexibility index (Phi) is 3.58. The number of aryl methyl sites for hydroxylation is 1. The number of hydrogen-bond acceptors (Lipinski definition) is 1. The largest absolute Gasteiger partial charge is 0.348 e. The van der Waals surface area contributed by atoms with Crippen molar-refractivity contribution in [1.29, 1.82) is 0 Å². The molecule has 0 saturated carbocycles. The van der Waals surface area contributed by atoms with Gasteiger partial charge in [0.05, 0.1) is 0 Å². The molecule has 0 bridgehead atoms. The summed E-state index contributed by atoms with van der Waals surface area (Å²) < 4.78 is 2.39. The highest BCUT2D eigenvalue weighted by atomic mass is 16.1. The lowest BCUT2D eigenvalue weighted by Crippen LogP contribution is -2.14. The number of nitrogens with zero attached hydrogens (tertiary/aromatic N) is 1. The molecular formula is C17H23NO. The van der Waals surface area contributed by atoms with E-state index in [1.165, 1.54) is 37.1 Å². The monoisotopic (exact) mass is 257 g/mol. The van der Waals surface area contributed by atoms with Gasteiger partial charge in [0.15, 0.2) is 5.78 Å². The first-order chi connectivity index (χ1) is 9.25. The highest BCUT2D eigenvalue weighted by molar-refractivity contribution is 5.98. The fraction of sp³-hybridized carbons (Fsp3) is 0.588. The zero-order valence-electron chi connectivity index (χ0n) is 11.9. The summed E-state index contributed by atoms with van der Waals surface area (Å²) >= 11 is 0. The molecule has 0 amide bonds. The van der Waals surface area contributed by atoms with Gasteiger partial charge in [0, 0.05) is 29.9 Å². The van der Waals surface area contributed by atoms with Crippen molar-refractivity contribution in [2.24, 2.45) is 0 Å². The van der Waals surface area contributed by atoms with Crippen LogP contribution < -0.4 is 0 Å². The van der Waals surface area contributed by atoms with E-state index in [1.807, 2.05) is 0 Å². The molecule has 0 N–H and O–H groups in total. The molecule has 0 unspecified atom stereocenters. The molecule has 2 aliphatic carbocycles. The van der Waals surface area contributed by atoms with Crippen LogP contribution in [0.1, 0.15) is 66.7 Å². The zero-order valence-corrected chi connectivity index (χ0v) is 11.9. The molecule has 0 radical (unpaired) electrons. The van der Waals surface area contributed by atoms with Gasteiger partial charge in [-0.25, -0.2) is 0 Å². The van der Waals surface area contributed by atoms with E-state index in [4.69, 9.17) is 0 Å². The fourth-order valence-electron chi connectivity index (χ4n) is 3.49. The lowest BCUT2D eigenvalue weighted by Gasteiger charge is -2.18. The highest BCUT2D eigenvalue weighted by Gasteiger charge is 2.22. The van der Waals surface area contributed by atoms with Gasteiger partial charge in [0.25, 0.3) is 0 Å². The molecule has 0 aliphatic heterocycles. The predicted octanol–water partition coefficient (Wildman–Crippen LogP) is 4.21. The molecule has 0 atom stereocenters. The van der Waals surface area contributed by atoms with E-state index >= 15 is 0 Å². The number of hydrogen-bond donors (Lipinski definition) is 0. The van der Waals surface area contributed by atoms with Crippen molar-refractivity contribution in [3.63, 3.8) is 0 Å². The topological polar surface area (TPSA) is 22.0 Å². The molecule has 1 aromatic heterocycles. The summed E-state index contributed by atoms with van der Waals surface area (Å²) in [5.41, 5.74) is 5.18. The SMILES string of the molecule is Cc1cc2c(n1CCC1=CCCCC1)CCCC2=O. The quantitative estimate of drug-likeness (QED) is 0.744.